The SMILES string of the molecule is COc1ccc2cc(C3=CNC4C=CC(O/C=C/CO)NN34)oc2c1. The second-order valence-electron chi connectivity index (χ2n) is 5.65. The van der Waals surface area contributed by atoms with Crippen molar-refractivity contribution in [3.8, 4) is 5.75 Å². The van der Waals surface area contributed by atoms with Gasteiger partial charge in [-0.05, 0) is 36.4 Å². The Balaban J connectivity index is 1.57. The minimum atomic E-state index is -0.327. The highest BCUT2D eigenvalue weighted by Crippen LogP contribution is 2.32. The smallest absolute Gasteiger partial charge is 0.185 e. The molecule has 2 aliphatic rings. The van der Waals surface area contributed by atoms with E-state index in [1.165, 1.54) is 12.3 Å². The number of hydrogen-bond acceptors (Lipinski definition) is 7. The van der Waals surface area contributed by atoms with Crippen LogP contribution in [0.4, 0.5) is 0 Å². The zero-order valence-corrected chi connectivity index (χ0v) is 13.7. The summed E-state index contributed by atoms with van der Waals surface area (Å²) in [5.41, 5.74) is 4.91. The lowest BCUT2D eigenvalue weighted by molar-refractivity contribution is 0.0621. The van der Waals surface area contributed by atoms with Crippen LogP contribution in [0.3, 0.4) is 0 Å². The molecule has 0 amide bonds. The normalized spacial score (nSPS) is 22.2. The van der Waals surface area contributed by atoms with Gasteiger partial charge in [0.05, 0.1) is 20.0 Å². The summed E-state index contributed by atoms with van der Waals surface area (Å²) in [5, 5.41) is 15.0. The van der Waals surface area contributed by atoms with Gasteiger partial charge in [-0.15, -0.1) is 0 Å². The molecule has 1 aromatic carbocycles. The Labute approximate surface area is 144 Å². The van der Waals surface area contributed by atoms with Crippen molar-refractivity contribution >= 4 is 16.7 Å². The van der Waals surface area contributed by atoms with Crippen molar-refractivity contribution < 1.29 is 19.0 Å². The number of rotatable bonds is 5. The summed E-state index contributed by atoms with van der Waals surface area (Å²) in [5.74, 6) is 1.50. The highest BCUT2D eigenvalue weighted by Gasteiger charge is 2.31. The molecule has 2 aromatic rings. The second-order valence-corrected chi connectivity index (χ2v) is 5.65. The Kier molecular flexibility index (Phi) is 4.09. The molecule has 2 atom stereocenters. The van der Waals surface area contributed by atoms with Gasteiger partial charge in [-0.3, -0.25) is 5.01 Å². The number of hydrazine groups is 1. The molecular formula is C18H19N3O4. The van der Waals surface area contributed by atoms with Gasteiger partial charge in [0.15, 0.2) is 12.0 Å². The molecule has 3 N–H and O–H groups in total. The predicted molar refractivity (Wildman–Crippen MR) is 92.9 cm³/mol. The number of nitrogens with one attached hydrogen (secondary N) is 2. The molecule has 130 valence electrons. The summed E-state index contributed by atoms with van der Waals surface area (Å²) in [4.78, 5) is 0. The third kappa shape index (κ3) is 2.95. The molecular weight excluding hydrogens is 322 g/mol. The molecule has 0 saturated heterocycles. The van der Waals surface area contributed by atoms with Crippen molar-refractivity contribution in [1.82, 2.24) is 15.8 Å². The van der Waals surface area contributed by atoms with Crippen LogP contribution in [0.2, 0.25) is 0 Å². The number of ether oxygens (including phenoxy) is 2. The van der Waals surface area contributed by atoms with Gasteiger partial charge in [0.2, 0.25) is 0 Å². The van der Waals surface area contributed by atoms with Gasteiger partial charge >= 0.3 is 0 Å². The van der Waals surface area contributed by atoms with E-state index in [1.807, 2.05) is 47.6 Å². The molecule has 25 heavy (non-hydrogen) atoms. The van der Waals surface area contributed by atoms with Crippen molar-refractivity contribution in [3.05, 3.63) is 60.7 Å². The highest BCUT2D eigenvalue weighted by molar-refractivity contribution is 5.83. The standard InChI is InChI=1S/C18H19N3O4/c1-23-13-4-3-12-9-16(25-15(12)10-13)14-11-19-17-5-6-18(20-21(14)17)24-8-2-7-22/h2-6,8-11,17-20,22H,7H2,1H3/b8-2+. The number of nitrogens with zero attached hydrogens (tertiary/aromatic N) is 1. The Morgan fingerprint density at radius 2 is 2.24 bits per heavy atom. The Hall–Kier alpha value is -2.90. The molecule has 0 radical (unpaired) electrons. The molecule has 0 aliphatic carbocycles. The maximum absolute atomic E-state index is 8.79. The van der Waals surface area contributed by atoms with E-state index in [-0.39, 0.29) is 19.0 Å². The first kappa shape index (κ1) is 15.6. The Bertz CT molecular complexity index is 855. The quantitative estimate of drug-likeness (QED) is 0.566. The number of methoxy groups -OCH3 is 1. The summed E-state index contributed by atoms with van der Waals surface area (Å²) in [6.45, 7) is -0.0576. The van der Waals surface area contributed by atoms with E-state index in [1.54, 1.807) is 7.11 Å². The fraction of sp³-hybridized carbons (Fsp3) is 0.222. The van der Waals surface area contributed by atoms with Gasteiger partial charge in [-0.2, -0.15) is 5.43 Å². The third-order valence-electron chi connectivity index (χ3n) is 4.07. The molecule has 0 saturated carbocycles. The predicted octanol–water partition coefficient (Wildman–Crippen LogP) is 1.89. The van der Waals surface area contributed by atoms with Gasteiger partial charge in [0.25, 0.3) is 0 Å². The number of aliphatic hydroxyl groups excluding tert-OH is 1. The van der Waals surface area contributed by atoms with Gasteiger partial charge in [-0.1, -0.05) is 0 Å². The van der Waals surface area contributed by atoms with E-state index in [0.717, 1.165) is 28.2 Å². The summed E-state index contributed by atoms with van der Waals surface area (Å²) >= 11 is 0. The summed E-state index contributed by atoms with van der Waals surface area (Å²) in [6.07, 6.45) is 8.49. The number of benzene rings is 1. The molecule has 0 fully saturated rings. The first-order valence-electron chi connectivity index (χ1n) is 7.98. The van der Waals surface area contributed by atoms with E-state index >= 15 is 0 Å². The first-order valence-corrected chi connectivity index (χ1v) is 7.98. The number of aliphatic hydroxyl groups is 1. The van der Waals surface area contributed by atoms with Crippen molar-refractivity contribution in [2.75, 3.05) is 13.7 Å². The Morgan fingerprint density at radius 1 is 1.32 bits per heavy atom. The van der Waals surface area contributed by atoms with E-state index in [4.69, 9.17) is 19.0 Å². The van der Waals surface area contributed by atoms with Gasteiger partial charge < -0.3 is 24.3 Å². The van der Waals surface area contributed by atoms with Crippen LogP contribution in [0, 0.1) is 0 Å². The summed E-state index contributed by atoms with van der Waals surface area (Å²) < 4.78 is 16.8. The largest absolute Gasteiger partial charge is 0.497 e. The molecule has 2 unspecified atom stereocenters. The number of furan rings is 1. The first-order chi connectivity index (χ1) is 12.3. The van der Waals surface area contributed by atoms with Crippen molar-refractivity contribution in [3.63, 3.8) is 0 Å². The van der Waals surface area contributed by atoms with Gasteiger partial charge in [0, 0.05) is 17.7 Å². The molecule has 0 bridgehead atoms. The lowest BCUT2D eigenvalue weighted by Crippen LogP contribution is -2.52. The second kappa shape index (κ2) is 6.54. The van der Waals surface area contributed by atoms with Gasteiger partial charge in [0.1, 0.15) is 23.2 Å². The average Bonchev–Trinajstić information content (AvgIpc) is 3.24. The number of hydrogen-bond donors (Lipinski definition) is 3. The highest BCUT2D eigenvalue weighted by atomic mass is 16.5. The monoisotopic (exact) mass is 341 g/mol. The van der Waals surface area contributed by atoms with Crippen molar-refractivity contribution in [2.45, 2.75) is 12.4 Å². The minimum absolute atomic E-state index is 0.0144. The summed E-state index contributed by atoms with van der Waals surface area (Å²) in [7, 11) is 1.63. The summed E-state index contributed by atoms with van der Waals surface area (Å²) in [6, 6.07) is 7.74. The van der Waals surface area contributed by atoms with Crippen LogP contribution < -0.4 is 15.5 Å². The molecule has 7 heteroatoms. The fourth-order valence-corrected chi connectivity index (χ4v) is 2.85. The molecule has 7 nitrogen and oxygen atoms in total. The molecule has 2 aliphatic heterocycles. The molecule has 4 rings (SSSR count). The van der Waals surface area contributed by atoms with Crippen LogP contribution in [0.1, 0.15) is 5.76 Å². The van der Waals surface area contributed by atoms with E-state index in [0.29, 0.717) is 0 Å². The number of fused-ring (bicyclic) bond motifs is 2. The molecule has 3 heterocycles. The Morgan fingerprint density at radius 3 is 3.08 bits per heavy atom. The zero-order chi connectivity index (χ0) is 17.2. The molecule has 1 aromatic heterocycles. The van der Waals surface area contributed by atoms with Crippen LogP contribution in [0.5, 0.6) is 5.75 Å². The lowest BCUT2D eigenvalue weighted by atomic mass is 10.2. The molecule has 0 spiro atoms. The zero-order valence-electron chi connectivity index (χ0n) is 13.7. The minimum Gasteiger partial charge on any atom is -0.497 e. The van der Waals surface area contributed by atoms with Crippen LogP contribution in [0.25, 0.3) is 16.7 Å². The third-order valence-corrected chi connectivity index (χ3v) is 4.07. The van der Waals surface area contributed by atoms with Gasteiger partial charge in [-0.25, -0.2) is 0 Å². The van der Waals surface area contributed by atoms with Crippen LogP contribution in [0.15, 0.2) is 59.4 Å². The lowest BCUT2D eigenvalue weighted by Gasteiger charge is -2.33. The van der Waals surface area contributed by atoms with E-state index in [2.05, 4.69) is 10.7 Å². The maximum Gasteiger partial charge on any atom is 0.185 e. The van der Waals surface area contributed by atoms with Crippen LogP contribution in [-0.4, -0.2) is 36.2 Å². The fourth-order valence-electron chi connectivity index (χ4n) is 2.85. The van der Waals surface area contributed by atoms with Crippen molar-refractivity contribution in [2.24, 2.45) is 0 Å². The topological polar surface area (TPSA) is 79.1 Å². The maximum atomic E-state index is 8.79. The van der Waals surface area contributed by atoms with Crippen molar-refractivity contribution in [1.29, 1.82) is 0 Å². The van der Waals surface area contributed by atoms with E-state index in [9.17, 15) is 0 Å². The average molecular weight is 341 g/mol. The van der Waals surface area contributed by atoms with Crippen LogP contribution >= 0.6 is 0 Å². The van der Waals surface area contributed by atoms with Crippen LogP contribution in [-0.2, 0) is 4.74 Å². The van der Waals surface area contributed by atoms with E-state index < -0.39 is 0 Å².